The maximum absolute atomic E-state index is 13.8. The zero-order chi connectivity index (χ0) is 32.5. The number of benzene rings is 3. The molecule has 236 valence electrons. The maximum Gasteiger partial charge on any atom is 0.326 e. The highest BCUT2D eigenvalue weighted by Gasteiger charge is 2.31. The summed E-state index contributed by atoms with van der Waals surface area (Å²) in [6.07, 6.45) is 1.86. The molecule has 11 heteroatoms. The molecule has 0 spiro atoms. The van der Waals surface area contributed by atoms with Crippen molar-refractivity contribution in [3.63, 3.8) is 0 Å². The van der Waals surface area contributed by atoms with Crippen molar-refractivity contribution in [2.45, 2.75) is 57.3 Å². The standard InChI is InChI=1S/C34H39N5O6/c1-20(2)30(35)33(43)38-28(17-22-12-14-24(40)15-13-22)31(41)37-27(16-21-8-4-3-5-9-21)32(42)39-29(34(44)45)18-23-19-36-26-11-7-6-10-25(23)26/h3-15,19-20,27-30,36,40H,16-18,35H2,1-2H3,(H,37,41)(H,38,43)(H,39,42)(H,44,45). The van der Waals surface area contributed by atoms with E-state index >= 15 is 0 Å². The number of amides is 3. The number of H-pyrrole nitrogens is 1. The lowest BCUT2D eigenvalue weighted by Gasteiger charge is -2.26. The number of hydrogen-bond donors (Lipinski definition) is 7. The third kappa shape index (κ3) is 8.93. The van der Waals surface area contributed by atoms with Crippen LogP contribution in [0.5, 0.6) is 5.75 Å². The van der Waals surface area contributed by atoms with E-state index in [1.165, 1.54) is 12.1 Å². The van der Waals surface area contributed by atoms with Crippen LogP contribution in [0.25, 0.3) is 10.9 Å². The van der Waals surface area contributed by atoms with Crippen LogP contribution >= 0.6 is 0 Å². The SMILES string of the molecule is CC(C)C(N)C(=O)NC(Cc1ccc(O)cc1)C(=O)NC(Cc1ccccc1)C(=O)NC(Cc1c[nH]c2ccccc12)C(=O)O. The first-order chi connectivity index (χ1) is 21.5. The zero-order valence-electron chi connectivity index (χ0n) is 25.2. The average Bonchev–Trinajstić information content (AvgIpc) is 3.43. The number of carbonyl (C=O) groups excluding carboxylic acids is 3. The first-order valence-corrected chi connectivity index (χ1v) is 14.8. The number of aromatic amines is 1. The number of para-hydroxylation sites is 1. The largest absolute Gasteiger partial charge is 0.508 e. The number of carboxylic acids is 1. The predicted molar refractivity (Wildman–Crippen MR) is 170 cm³/mol. The molecule has 45 heavy (non-hydrogen) atoms. The number of carboxylic acid groups (broad SMARTS) is 1. The fourth-order valence-electron chi connectivity index (χ4n) is 4.97. The van der Waals surface area contributed by atoms with E-state index in [4.69, 9.17) is 5.73 Å². The minimum atomic E-state index is -1.27. The third-order valence-corrected chi connectivity index (χ3v) is 7.66. The second-order valence-electron chi connectivity index (χ2n) is 11.4. The number of aliphatic carboxylic acids is 1. The molecule has 0 aliphatic carbocycles. The fourth-order valence-corrected chi connectivity index (χ4v) is 4.97. The van der Waals surface area contributed by atoms with Gasteiger partial charge in [-0.15, -0.1) is 0 Å². The minimum Gasteiger partial charge on any atom is -0.508 e. The molecule has 0 aliphatic heterocycles. The first kappa shape index (κ1) is 32.7. The number of fused-ring (bicyclic) bond motifs is 1. The quantitative estimate of drug-likeness (QED) is 0.114. The summed E-state index contributed by atoms with van der Waals surface area (Å²) in [5, 5.41) is 28.6. The van der Waals surface area contributed by atoms with E-state index in [9.17, 15) is 29.4 Å². The molecule has 1 aromatic heterocycles. The number of phenols is 1. The molecule has 0 fully saturated rings. The van der Waals surface area contributed by atoms with Gasteiger partial charge < -0.3 is 36.9 Å². The molecule has 4 rings (SSSR count). The second-order valence-corrected chi connectivity index (χ2v) is 11.4. The molecule has 0 saturated heterocycles. The van der Waals surface area contributed by atoms with Crippen molar-refractivity contribution in [3.05, 3.63) is 102 Å². The number of nitrogens with one attached hydrogen (secondary N) is 4. The van der Waals surface area contributed by atoms with Gasteiger partial charge in [0.1, 0.15) is 23.9 Å². The van der Waals surface area contributed by atoms with E-state index in [1.54, 1.807) is 56.4 Å². The summed E-state index contributed by atoms with van der Waals surface area (Å²) in [6, 6.07) is 18.2. The molecule has 0 aliphatic rings. The number of carbonyl (C=O) groups is 4. The van der Waals surface area contributed by atoms with E-state index in [0.29, 0.717) is 5.56 Å². The van der Waals surface area contributed by atoms with Crippen LogP contribution in [0.3, 0.4) is 0 Å². The van der Waals surface area contributed by atoms with Gasteiger partial charge in [-0.3, -0.25) is 14.4 Å². The number of phenolic OH excluding ortho intramolecular Hbond substituents is 1. The number of nitrogens with two attached hydrogens (primary N) is 1. The van der Waals surface area contributed by atoms with Crippen molar-refractivity contribution in [2.24, 2.45) is 11.7 Å². The molecule has 4 unspecified atom stereocenters. The fraction of sp³-hybridized carbons (Fsp3) is 0.294. The summed E-state index contributed by atoms with van der Waals surface area (Å²) in [5.41, 5.74) is 9.00. The summed E-state index contributed by atoms with van der Waals surface area (Å²) in [4.78, 5) is 55.8. The summed E-state index contributed by atoms with van der Waals surface area (Å²) in [6.45, 7) is 3.57. The van der Waals surface area contributed by atoms with Gasteiger partial charge in [-0.25, -0.2) is 4.79 Å². The van der Waals surface area contributed by atoms with Crippen LogP contribution in [0, 0.1) is 5.92 Å². The lowest BCUT2D eigenvalue weighted by molar-refractivity contribution is -0.142. The van der Waals surface area contributed by atoms with Crippen molar-refractivity contribution in [1.82, 2.24) is 20.9 Å². The Bertz CT molecular complexity index is 1620. The molecule has 3 aromatic carbocycles. The molecule has 11 nitrogen and oxygen atoms in total. The van der Waals surface area contributed by atoms with Gasteiger partial charge in [-0.1, -0.05) is 74.5 Å². The van der Waals surface area contributed by atoms with Crippen molar-refractivity contribution in [2.75, 3.05) is 0 Å². The highest BCUT2D eigenvalue weighted by Crippen LogP contribution is 2.19. The lowest BCUT2D eigenvalue weighted by Crippen LogP contribution is -2.58. The van der Waals surface area contributed by atoms with Crippen molar-refractivity contribution >= 4 is 34.6 Å². The van der Waals surface area contributed by atoms with Gasteiger partial charge in [0, 0.05) is 36.4 Å². The summed E-state index contributed by atoms with van der Waals surface area (Å²) < 4.78 is 0. The molecular weight excluding hydrogens is 574 g/mol. The van der Waals surface area contributed by atoms with Gasteiger partial charge in [-0.2, -0.15) is 0 Å². The molecule has 0 radical (unpaired) electrons. The highest BCUT2D eigenvalue weighted by atomic mass is 16.4. The van der Waals surface area contributed by atoms with Crippen molar-refractivity contribution < 1.29 is 29.4 Å². The molecule has 1 heterocycles. The molecule has 3 amide bonds. The zero-order valence-corrected chi connectivity index (χ0v) is 25.2. The van der Waals surface area contributed by atoms with E-state index in [0.717, 1.165) is 22.0 Å². The topological polar surface area (TPSA) is 187 Å². The molecule has 0 bridgehead atoms. The van der Waals surface area contributed by atoms with Gasteiger partial charge in [0.25, 0.3) is 0 Å². The van der Waals surface area contributed by atoms with E-state index in [-0.39, 0.29) is 30.9 Å². The second kappa shape index (κ2) is 15.0. The van der Waals surface area contributed by atoms with Gasteiger partial charge in [0.2, 0.25) is 17.7 Å². The van der Waals surface area contributed by atoms with Gasteiger partial charge in [0.15, 0.2) is 0 Å². The predicted octanol–water partition coefficient (Wildman–Crippen LogP) is 2.42. The Morgan fingerprint density at radius 1 is 0.711 bits per heavy atom. The smallest absolute Gasteiger partial charge is 0.326 e. The molecule has 8 N–H and O–H groups in total. The van der Waals surface area contributed by atoms with Crippen LogP contribution in [0.4, 0.5) is 0 Å². The Hall–Kier alpha value is -5.16. The third-order valence-electron chi connectivity index (χ3n) is 7.66. The van der Waals surface area contributed by atoms with E-state index in [1.807, 2.05) is 30.3 Å². The number of rotatable bonds is 14. The molecule has 4 atom stereocenters. The van der Waals surface area contributed by atoms with Crippen molar-refractivity contribution in [1.29, 1.82) is 0 Å². The van der Waals surface area contributed by atoms with Gasteiger partial charge in [0.05, 0.1) is 6.04 Å². The Labute approximate surface area is 261 Å². The van der Waals surface area contributed by atoms with Crippen LogP contribution < -0.4 is 21.7 Å². The van der Waals surface area contributed by atoms with Crippen LogP contribution in [-0.4, -0.2) is 63.1 Å². The normalized spacial score (nSPS) is 13.9. The van der Waals surface area contributed by atoms with E-state index in [2.05, 4.69) is 20.9 Å². The first-order valence-electron chi connectivity index (χ1n) is 14.8. The Morgan fingerprint density at radius 2 is 1.24 bits per heavy atom. The minimum absolute atomic E-state index is 0.0176. The van der Waals surface area contributed by atoms with Gasteiger partial charge in [-0.05, 0) is 40.8 Å². The van der Waals surface area contributed by atoms with Crippen LogP contribution in [0.2, 0.25) is 0 Å². The van der Waals surface area contributed by atoms with Crippen molar-refractivity contribution in [3.8, 4) is 5.75 Å². The number of aromatic hydroxyl groups is 1. The maximum atomic E-state index is 13.8. The van der Waals surface area contributed by atoms with Crippen LogP contribution in [0.15, 0.2) is 85.1 Å². The Kier molecular flexibility index (Phi) is 10.9. The van der Waals surface area contributed by atoms with Crippen LogP contribution in [0.1, 0.15) is 30.5 Å². The van der Waals surface area contributed by atoms with E-state index < -0.39 is 47.9 Å². The summed E-state index contributed by atoms with van der Waals surface area (Å²) >= 11 is 0. The summed E-state index contributed by atoms with van der Waals surface area (Å²) in [5.74, 6) is -3.23. The Morgan fingerprint density at radius 3 is 1.84 bits per heavy atom. The van der Waals surface area contributed by atoms with Gasteiger partial charge >= 0.3 is 5.97 Å². The summed E-state index contributed by atoms with van der Waals surface area (Å²) in [7, 11) is 0. The molecule has 4 aromatic rings. The van der Waals surface area contributed by atoms with Crippen LogP contribution in [-0.2, 0) is 38.4 Å². The number of hydrogen-bond acceptors (Lipinski definition) is 6. The number of aromatic nitrogens is 1. The highest BCUT2D eigenvalue weighted by molar-refractivity contribution is 5.94. The lowest BCUT2D eigenvalue weighted by atomic mass is 10.00. The molecule has 0 saturated carbocycles. The Balaban J connectivity index is 1.57. The average molecular weight is 614 g/mol. The monoisotopic (exact) mass is 613 g/mol. The molecular formula is C34H39N5O6.